The SMILES string of the molecule is CCNC1C=c2c(C)cc(-c3nnc(NC4CC(O)C4)o3)nc2=C(C(C)(C)C)C1. The Bertz CT molecular complexity index is 1010. The molecule has 2 aliphatic rings. The quantitative estimate of drug-likeness (QED) is 0.707. The Kier molecular flexibility index (Phi) is 5.21. The first-order valence-corrected chi connectivity index (χ1v) is 10.5. The molecule has 3 N–H and O–H groups in total. The molecular formula is C22H31N5O2. The van der Waals surface area contributed by atoms with Crippen molar-refractivity contribution < 1.29 is 9.52 Å². The second-order valence-electron chi connectivity index (χ2n) is 9.23. The highest BCUT2D eigenvalue weighted by atomic mass is 16.4. The molecule has 1 unspecified atom stereocenters. The number of nitrogens with one attached hydrogen (secondary N) is 2. The molecule has 156 valence electrons. The molecule has 0 spiro atoms. The Labute approximate surface area is 171 Å². The maximum atomic E-state index is 9.44. The second-order valence-corrected chi connectivity index (χ2v) is 9.23. The number of hydrogen-bond acceptors (Lipinski definition) is 7. The van der Waals surface area contributed by atoms with Gasteiger partial charge in [-0.1, -0.05) is 38.9 Å². The summed E-state index contributed by atoms with van der Waals surface area (Å²) in [5.41, 5.74) is 3.21. The molecule has 1 fully saturated rings. The molecule has 1 atom stereocenters. The number of nitrogens with zero attached hydrogens (tertiary/aromatic N) is 3. The molecular weight excluding hydrogens is 366 g/mol. The molecule has 2 aliphatic carbocycles. The van der Waals surface area contributed by atoms with Crippen LogP contribution in [0.5, 0.6) is 0 Å². The highest BCUT2D eigenvalue weighted by Gasteiger charge is 2.29. The van der Waals surface area contributed by atoms with Crippen molar-refractivity contribution in [1.29, 1.82) is 0 Å². The van der Waals surface area contributed by atoms with E-state index in [1.165, 1.54) is 10.8 Å². The van der Waals surface area contributed by atoms with Gasteiger partial charge in [-0.05, 0) is 55.3 Å². The van der Waals surface area contributed by atoms with Crippen LogP contribution in [0.4, 0.5) is 6.01 Å². The van der Waals surface area contributed by atoms with Crippen molar-refractivity contribution in [2.24, 2.45) is 5.41 Å². The maximum Gasteiger partial charge on any atom is 0.316 e. The summed E-state index contributed by atoms with van der Waals surface area (Å²) in [6.07, 6.45) is 4.43. The van der Waals surface area contributed by atoms with Gasteiger partial charge in [0, 0.05) is 17.3 Å². The molecule has 0 bridgehead atoms. The Morgan fingerprint density at radius 2 is 2.00 bits per heavy atom. The first kappa shape index (κ1) is 20.0. The Morgan fingerprint density at radius 1 is 1.24 bits per heavy atom. The van der Waals surface area contributed by atoms with Crippen molar-refractivity contribution in [1.82, 2.24) is 20.5 Å². The molecule has 0 radical (unpaired) electrons. The van der Waals surface area contributed by atoms with Crippen molar-refractivity contribution in [3.63, 3.8) is 0 Å². The van der Waals surface area contributed by atoms with Gasteiger partial charge in [0.15, 0.2) is 0 Å². The smallest absolute Gasteiger partial charge is 0.316 e. The van der Waals surface area contributed by atoms with Crippen LogP contribution in [-0.2, 0) is 0 Å². The first-order valence-electron chi connectivity index (χ1n) is 10.5. The number of aliphatic hydroxyl groups is 1. The lowest BCUT2D eigenvalue weighted by molar-refractivity contribution is 0.0828. The molecule has 1 saturated carbocycles. The van der Waals surface area contributed by atoms with Crippen molar-refractivity contribution >= 4 is 17.7 Å². The van der Waals surface area contributed by atoms with Crippen LogP contribution in [0.2, 0.25) is 0 Å². The third kappa shape index (κ3) is 4.07. The summed E-state index contributed by atoms with van der Waals surface area (Å²) in [7, 11) is 0. The molecule has 7 nitrogen and oxygen atoms in total. The molecule has 0 amide bonds. The van der Waals surface area contributed by atoms with E-state index < -0.39 is 0 Å². The molecule has 0 aliphatic heterocycles. The first-order chi connectivity index (χ1) is 13.7. The molecule has 29 heavy (non-hydrogen) atoms. The third-order valence-corrected chi connectivity index (χ3v) is 5.80. The minimum atomic E-state index is -0.228. The van der Waals surface area contributed by atoms with Gasteiger partial charge in [0.2, 0.25) is 0 Å². The van der Waals surface area contributed by atoms with E-state index in [1.54, 1.807) is 0 Å². The van der Waals surface area contributed by atoms with Crippen LogP contribution in [0.15, 0.2) is 10.5 Å². The van der Waals surface area contributed by atoms with Gasteiger partial charge in [-0.2, -0.15) is 0 Å². The Hall–Kier alpha value is -2.25. The van der Waals surface area contributed by atoms with Crippen LogP contribution in [-0.4, -0.2) is 45.0 Å². The van der Waals surface area contributed by atoms with Crippen molar-refractivity contribution in [2.45, 2.75) is 72.1 Å². The minimum Gasteiger partial charge on any atom is -0.402 e. The van der Waals surface area contributed by atoms with Gasteiger partial charge < -0.3 is 20.2 Å². The summed E-state index contributed by atoms with van der Waals surface area (Å²) < 4.78 is 5.83. The van der Waals surface area contributed by atoms with Crippen LogP contribution in [0, 0.1) is 12.3 Å². The fourth-order valence-corrected chi connectivity index (χ4v) is 4.13. The van der Waals surface area contributed by atoms with E-state index in [9.17, 15) is 5.11 Å². The Balaban J connectivity index is 1.74. The predicted octanol–water partition coefficient (Wildman–Crippen LogP) is 1.73. The summed E-state index contributed by atoms with van der Waals surface area (Å²) in [4.78, 5) is 4.97. The fraction of sp³-hybridized carbons (Fsp3) is 0.591. The number of aliphatic hydroxyl groups excluding tert-OH is 1. The number of aryl methyl sites for hydroxylation is 1. The van der Waals surface area contributed by atoms with Crippen molar-refractivity contribution in [2.75, 3.05) is 11.9 Å². The van der Waals surface area contributed by atoms with E-state index in [-0.39, 0.29) is 17.6 Å². The van der Waals surface area contributed by atoms with Gasteiger partial charge in [0.05, 0.1) is 11.5 Å². The van der Waals surface area contributed by atoms with Gasteiger partial charge in [-0.15, -0.1) is 5.10 Å². The molecule has 2 aromatic heterocycles. The van der Waals surface area contributed by atoms with Crippen molar-refractivity contribution in [3.05, 3.63) is 22.2 Å². The van der Waals surface area contributed by atoms with Crippen LogP contribution in [0.3, 0.4) is 0 Å². The summed E-state index contributed by atoms with van der Waals surface area (Å²) in [5.74, 6) is 0.417. The van der Waals surface area contributed by atoms with Crippen molar-refractivity contribution in [3.8, 4) is 11.6 Å². The number of anilines is 1. The van der Waals surface area contributed by atoms with Crippen LogP contribution in [0.25, 0.3) is 23.2 Å². The molecule has 7 heteroatoms. The number of aromatic nitrogens is 3. The number of rotatable bonds is 5. The molecule has 0 saturated heterocycles. The predicted molar refractivity (Wildman–Crippen MR) is 114 cm³/mol. The van der Waals surface area contributed by atoms with Crippen LogP contribution in [0.1, 0.15) is 52.5 Å². The zero-order chi connectivity index (χ0) is 20.8. The van der Waals surface area contributed by atoms with Crippen LogP contribution >= 0.6 is 0 Å². The topological polar surface area (TPSA) is 96.1 Å². The monoisotopic (exact) mass is 397 g/mol. The zero-order valence-corrected chi connectivity index (χ0v) is 17.9. The molecule has 2 aromatic rings. The summed E-state index contributed by atoms with van der Waals surface area (Å²) in [5, 5.41) is 26.7. The molecule has 0 aromatic carbocycles. The number of pyridine rings is 1. The van der Waals surface area contributed by atoms with Gasteiger partial charge in [0.1, 0.15) is 5.69 Å². The number of hydrogen-bond donors (Lipinski definition) is 3. The number of fused-ring (bicyclic) bond motifs is 1. The second kappa shape index (κ2) is 7.54. The van der Waals surface area contributed by atoms with E-state index in [1.807, 2.05) is 6.07 Å². The zero-order valence-electron chi connectivity index (χ0n) is 17.9. The molecule has 4 rings (SSSR count). The summed E-state index contributed by atoms with van der Waals surface area (Å²) in [6, 6.07) is 2.92. The summed E-state index contributed by atoms with van der Waals surface area (Å²) >= 11 is 0. The standard InChI is InChI=1S/C22H31N5O2/c1-6-23-13-10-16-12(2)7-18(25-19(16)17(11-13)22(3,4)5)20-26-27-21(29-20)24-14-8-15(28)9-14/h7,10,13-15,23,28H,6,8-9,11H2,1-5H3,(H,24,27). The normalized spacial score (nSPS) is 23.9. The minimum absolute atomic E-state index is 0.0152. The van der Waals surface area contributed by atoms with Gasteiger partial charge >= 0.3 is 6.01 Å². The van der Waals surface area contributed by atoms with E-state index in [0.717, 1.165) is 23.9 Å². The lowest BCUT2D eigenvalue weighted by Gasteiger charge is -2.31. The molecule has 2 heterocycles. The lowest BCUT2D eigenvalue weighted by Crippen LogP contribution is -2.44. The highest BCUT2D eigenvalue weighted by molar-refractivity contribution is 5.60. The average Bonchev–Trinajstić information content (AvgIpc) is 3.08. The van der Waals surface area contributed by atoms with E-state index >= 15 is 0 Å². The average molecular weight is 398 g/mol. The summed E-state index contributed by atoms with van der Waals surface area (Å²) in [6.45, 7) is 11.9. The Morgan fingerprint density at radius 3 is 2.66 bits per heavy atom. The van der Waals surface area contributed by atoms with E-state index in [4.69, 9.17) is 9.40 Å². The van der Waals surface area contributed by atoms with Gasteiger partial charge in [-0.3, -0.25) is 0 Å². The third-order valence-electron chi connectivity index (χ3n) is 5.80. The van der Waals surface area contributed by atoms with E-state index in [0.29, 0.717) is 36.5 Å². The van der Waals surface area contributed by atoms with Crippen LogP contribution < -0.4 is 21.2 Å². The van der Waals surface area contributed by atoms with Gasteiger partial charge in [-0.25, -0.2) is 4.98 Å². The lowest BCUT2D eigenvalue weighted by atomic mass is 9.79. The largest absolute Gasteiger partial charge is 0.402 e. The highest BCUT2D eigenvalue weighted by Crippen LogP contribution is 2.31. The van der Waals surface area contributed by atoms with Gasteiger partial charge in [0.25, 0.3) is 5.89 Å². The maximum absolute atomic E-state index is 9.44. The van der Waals surface area contributed by atoms with E-state index in [2.05, 4.69) is 61.5 Å². The fourth-order valence-electron chi connectivity index (χ4n) is 4.13.